The van der Waals surface area contributed by atoms with E-state index in [1.54, 1.807) is 6.07 Å². The second-order valence-corrected chi connectivity index (χ2v) is 10.3. The monoisotopic (exact) mass is 599 g/mol. The highest BCUT2D eigenvalue weighted by atomic mass is 19.4. The molecular weight excluding hydrogens is 573 g/mol. The van der Waals surface area contributed by atoms with Gasteiger partial charge in [0.2, 0.25) is 0 Å². The summed E-state index contributed by atoms with van der Waals surface area (Å²) < 4.78 is 68.3. The largest absolute Gasteiger partial charge is 0.419 e. The third-order valence-corrected chi connectivity index (χ3v) is 7.46. The molecule has 2 N–H and O–H groups in total. The van der Waals surface area contributed by atoms with Crippen LogP contribution < -0.4 is 10.6 Å². The highest BCUT2D eigenvalue weighted by Gasteiger charge is 2.34. The van der Waals surface area contributed by atoms with E-state index in [0.29, 0.717) is 37.0 Å². The molecule has 0 fully saturated rings. The Morgan fingerprint density at radius 3 is 2.53 bits per heavy atom. The van der Waals surface area contributed by atoms with E-state index in [2.05, 4.69) is 20.7 Å². The zero-order valence-corrected chi connectivity index (χ0v) is 23.1. The molecule has 0 saturated carbocycles. The van der Waals surface area contributed by atoms with Gasteiger partial charge in [-0.15, -0.1) is 0 Å². The van der Waals surface area contributed by atoms with Crippen molar-refractivity contribution in [2.75, 3.05) is 0 Å². The number of alkyl halides is 3. The maximum atomic E-state index is 14.5. The number of amides is 2. The van der Waals surface area contributed by atoms with Crippen molar-refractivity contribution in [2.24, 2.45) is 0 Å². The molecule has 0 unspecified atom stereocenters. The Hall–Kier alpha value is -4.68. The third kappa shape index (κ3) is 5.84. The average molecular weight is 600 g/mol. The number of nitrogens with zero attached hydrogens (tertiary/aromatic N) is 3. The summed E-state index contributed by atoms with van der Waals surface area (Å²) >= 11 is 0. The van der Waals surface area contributed by atoms with Crippen molar-refractivity contribution in [1.82, 2.24) is 25.2 Å². The number of carbonyl (C=O) groups excluding carboxylic acids is 3. The summed E-state index contributed by atoms with van der Waals surface area (Å²) in [5, 5.41) is 9.13. The highest BCUT2D eigenvalue weighted by molar-refractivity contribution is 5.99. The van der Waals surface area contributed by atoms with E-state index >= 15 is 0 Å². The fraction of sp³-hybridized carbons (Fsp3) is 0.300. The number of fused-ring (bicyclic) bond motifs is 2. The van der Waals surface area contributed by atoms with Crippen molar-refractivity contribution in [3.63, 3.8) is 0 Å². The number of nitrogens with one attached hydrogen (secondary N) is 2. The molecule has 13 heteroatoms. The Kier molecular flexibility index (Phi) is 8.00. The summed E-state index contributed by atoms with van der Waals surface area (Å²) in [6.45, 7) is 3.40. The fourth-order valence-electron chi connectivity index (χ4n) is 5.31. The molecule has 4 aromatic rings. The summed E-state index contributed by atoms with van der Waals surface area (Å²) in [7, 11) is 0. The van der Waals surface area contributed by atoms with Gasteiger partial charge < -0.3 is 10.6 Å². The van der Waals surface area contributed by atoms with E-state index in [9.17, 15) is 36.3 Å². The second-order valence-electron chi connectivity index (χ2n) is 10.3. The predicted octanol–water partition coefficient (Wildman–Crippen LogP) is 5.66. The van der Waals surface area contributed by atoms with Crippen LogP contribution in [0.2, 0.25) is 0 Å². The van der Waals surface area contributed by atoms with E-state index < -0.39 is 53.4 Å². The lowest BCUT2D eigenvalue weighted by molar-refractivity contribution is -0.140. The lowest BCUT2D eigenvalue weighted by Crippen LogP contribution is -2.30. The Balaban J connectivity index is 1.38. The quantitative estimate of drug-likeness (QED) is 0.201. The lowest BCUT2D eigenvalue weighted by atomic mass is 9.94. The zero-order valence-electron chi connectivity index (χ0n) is 23.1. The van der Waals surface area contributed by atoms with Crippen LogP contribution in [0.25, 0.3) is 5.65 Å². The van der Waals surface area contributed by atoms with Crippen LogP contribution in [-0.4, -0.2) is 32.2 Å². The minimum atomic E-state index is -4.92. The molecule has 0 radical (unpaired) electrons. The van der Waals surface area contributed by atoms with Gasteiger partial charge in [0.05, 0.1) is 17.8 Å². The number of halogens is 5. The van der Waals surface area contributed by atoms with Gasteiger partial charge in [-0.2, -0.15) is 18.3 Å². The maximum Gasteiger partial charge on any atom is 0.419 e. The Bertz CT molecular complexity index is 1770. The SMILES string of the molecule is CCCC(=O)c1ccc2c(c1C)CC[C@@H]2NC(=O)c1cc(C(=O)NCc2ccc(F)c(C(F)(F)F)c2)nc2c(F)cnn12. The lowest BCUT2D eigenvalue weighted by Gasteiger charge is -2.17. The summed E-state index contributed by atoms with van der Waals surface area (Å²) in [6, 6.07) is 6.56. The first-order chi connectivity index (χ1) is 20.4. The molecule has 0 saturated heterocycles. The first-order valence-electron chi connectivity index (χ1n) is 13.5. The number of Topliss-reactive ketones (excluding diaryl/α,β-unsaturated/α-hetero) is 1. The summed E-state index contributed by atoms with van der Waals surface area (Å²) in [4.78, 5) is 42.8. The normalized spacial score (nSPS) is 14.5. The van der Waals surface area contributed by atoms with E-state index in [1.165, 1.54) is 0 Å². The number of hydrogen-bond donors (Lipinski definition) is 2. The van der Waals surface area contributed by atoms with Crippen molar-refractivity contribution in [2.45, 2.75) is 58.3 Å². The van der Waals surface area contributed by atoms with Gasteiger partial charge in [-0.25, -0.2) is 18.3 Å². The molecule has 5 rings (SSSR count). The van der Waals surface area contributed by atoms with Crippen molar-refractivity contribution in [3.05, 3.63) is 99.0 Å². The first-order valence-corrected chi connectivity index (χ1v) is 13.5. The number of rotatable bonds is 8. The Morgan fingerprint density at radius 2 is 1.81 bits per heavy atom. The van der Waals surface area contributed by atoms with Gasteiger partial charge in [0.1, 0.15) is 17.2 Å². The van der Waals surface area contributed by atoms with Gasteiger partial charge in [0.15, 0.2) is 17.2 Å². The molecule has 43 heavy (non-hydrogen) atoms. The van der Waals surface area contributed by atoms with E-state index in [0.717, 1.165) is 46.0 Å². The molecule has 1 atom stereocenters. The van der Waals surface area contributed by atoms with Crippen LogP contribution >= 0.6 is 0 Å². The molecule has 2 aromatic heterocycles. The molecule has 2 aromatic carbocycles. The van der Waals surface area contributed by atoms with Crippen LogP contribution in [0, 0.1) is 18.6 Å². The van der Waals surface area contributed by atoms with Crippen molar-refractivity contribution in [3.8, 4) is 0 Å². The topological polar surface area (TPSA) is 105 Å². The van der Waals surface area contributed by atoms with Gasteiger partial charge in [0, 0.05) is 24.6 Å². The van der Waals surface area contributed by atoms with Gasteiger partial charge in [0.25, 0.3) is 11.8 Å². The number of ketones is 1. The van der Waals surface area contributed by atoms with Crippen molar-refractivity contribution in [1.29, 1.82) is 0 Å². The van der Waals surface area contributed by atoms with Crippen LogP contribution in [-0.2, 0) is 19.1 Å². The van der Waals surface area contributed by atoms with Crippen LogP contribution in [0.15, 0.2) is 42.6 Å². The molecule has 1 aliphatic carbocycles. The molecule has 224 valence electrons. The summed E-state index contributed by atoms with van der Waals surface area (Å²) in [5.74, 6) is -3.86. The van der Waals surface area contributed by atoms with Crippen molar-refractivity contribution < 1.29 is 36.3 Å². The Morgan fingerprint density at radius 1 is 1.05 bits per heavy atom. The molecule has 0 aliphatic heterocycles. The van der Waals surface area contributed by atoms with Gasteiger partial charge in [-0.1, -0.05) is 25.1 Å². The summed E-state index contributed by atoms with van der Waals surface area (Å²) in [6.07, 6.45) is -1.73. The van der Waals surface area contributed by atoms with Crippen LogP contribution in [0.3, 0.4) is 0 Å². The summed E-state index contributed by atoms with van der Waals surface area (Å²) in [5.41, 5.74) is 0.866. The molecular formula is C30H26F5N5O3. The van der Waals surface area contributed by atoms with E-state index in [4.69, 9.17) is 0 Å². The second kappa shape index (κ2) is 11.5. The van der Waals surface area contributed by atoms with E-state index in [1.807, 2.05) is 19.9 Å². The van der Waals surface area contributed by atoms with Crippen LogP contribution in [0.4, 0.5) is 22.0 Å². The smallest absolute Gasteiger partial charge is 0.347 e. The zero-order chi connectivity index (χ0) is 31.1. The van der Waals surface area contributed by atoms with Gasteiger partial charge in [-0.3, -0.25) is 14.4 Å². The molecule has 1 aliphatic rings. The van der Waals surface area contributed by atoms with Crippen LogP contribution in [0.5, 0.6) is 0 Å². The fourth-order valence-corrected chi connectivity index (χ4v) is 5.31. The number of benzene rings is 2. The molecule has 8 nitrogen and oxygen atoms in total. The van der Waals surface area contributed by atoms with Gasteiger partial charge in [-0.05, 0) is 60.6 Å². The molecule has 2 heterocycles. The average Bonchev–Trinajstić information content (AvgIpc) is 3.55. The number of hydrogen-bond acceptors (Lipinski definition) is 5. The maximum absolute atomic E-state index is 14.5. The van der Waals surface area contributed by atoms with E-state index in [-0.39, 0.29) is 22.7 Å². The first kappa shape index (κ1) is 29.8. The van der Waals surface area contributed by atoms with Crippen molar-refractivity contribution >= 4 is 23.2 Å². The number of aromatic nitrogens is 3. The third-order valence-electron chi connectivity index (χ3n) is 7.46. The van der Waals surface area contributed by atoms with Crippen LogP contribution in [0.1, 0.15) is 91.4 Å². The van der Waals surface area contributed by atoms with Gasteiger partial charge >= 0.3 is 6.18 Å². The molecule has 0 bridgehead atoms. The molecule has 0 spiro atoms. The highest BCUT2D eigenvalue weighted by Crippen LogP contribution is 2.35. The Labute approximate surface area is 242 Å². The minimum Gasteiger partial charge on any atom is -0.347 e. The number of carbonyl (C=O) groups is 3. The minimum absolute atomic E-state index is 0.0357. The standard InChI is InChI=1S/C30H26F5N5O3/c1-3-4-26(41)18-6-7-19-17(15(18)2)8-10-23(19)39-29(43)25-12-24(38-27-22(32)14-37-40(25)27)28(42)36-13-16-5-9-21(31)20(11-16)30(33,34)35/h5-7,9,11-12,14,23H,3-4,8,10,13H2,1-2H3,(H,36,42)(H,39,43)/t23-/m0/s1. The molecule has 2 amide bonds. The predicted molar refractivity (Wildman–Crippen MR) is 144 cm³/mol.